The van der Waals surface area contributed by atoms with Gasteiger partial charge < -0.3 is 11.0 Å². The summed E-state index contributed by atoms with van der Waals surface area (Å²) < 4.78 is 31.6. The van der Waals surface area contributed by atoms with Gasteiger partial charge in [-0.1, -0.05) is 0 Å². The van der Waals surface area contributed by atoms with E-state index in [0.717, 1.165) is 0 Å². The van der Waals surface area contributed by atoms with Crippen LogP contribution in [0.2, 0.25) is 0 Å². The molecule has 0 radical (unpaired) electrons. The molecule has 8 heavy (non-hydrogen) atoms. The summed E-state index contributed by atoms with van der Waals surface area (Å²) in [5, 5.41) is 0. The molecular formula is H6NiO6S. The summed E-state index contributed by atoms with van der Waals surface area (Å²) in [4.78, 5) is 0. The molecule has 0 aliphatic carbocycles. The van der Waals surface area contributed by atoms with Crippen LogP contribution >= 0.6 is 0 Å². The molecule has 0 aromatic rings. The van der Waals surface area contributed by atoms with Gasteiger partial charge in [-0.05, 0) is 0 Å². The average Bonchev–Trinajstić information content (AvgIpc) is 0.722. The maximum absolute atomic E-state index is 8.74. The van der Waals surface area contributed by atoms with E-state index in [-0.39, 0.29) is 27.4 Å². The normalized spacial score (nSPS) is 7.25. The van der Waals surface area contributed by atoms with Crippen LogP contribution in [0.15, 0.2) is 0 Å². The fraction of sp³-hybridized carbons (Fsp3) is 0. The van der Waals surface area contributed by atoms with Crippen molar-refractivity contribution in [2.24, 2.45) is 0 Å². The van der Waals surface area contributed by atoms with Crippen LogP contribution < -0.4 is 0 Å². The summed E-state index contributed by atoms with van der Waals surface area (Å²) >= 11 is 0. The predicted octanol–water partition coefficient (Wildman–Crippen LogP) is -2.30. The zero-order chi connectivity index (χ0) is 4.50. The average molecular weight is 193 g/mol. The molecule has 0 unspecified atom stereocenters. The minimum atomic E-state index is -4.67. The van der Waals surface area contributed by atoms with Gasteiger partial charge in [0.15, 0.2) is 0 Å². The Hall–Kier alpha value is 0.284. The Labute approximate surface area is 56.0 Å². The standard InChI is InChI=1S/Ni.H2O4S.2H2O/c;1-5(2,3)4;;/h;(H2,1,2,3,4);2*1H2. The van der Waals surface area contributed by atoms with Crippen molar-refractivity contribution in [1.29, 1.82) is 0 Å². The van der Waals surface area contributed by atoms with Gasteiger partial charge in [0.05, 0.1) is 0 Å². The Morgan fingerprint density at radius 3 is 1.00 bits per heavy atom. The zero-order valence-electron chi connectivity index (χ0n) is 3.44. The van der Waals surface area contributed by atoms with Crippen LogP contribution in [0, 0.1) is 0 Å². The molecular weight excluding hydrogens is 187 g/mol. The second kappa shape index (κ2) is 7.28. The van der Waals surface area contributed by atoms with Crippen LogP contribution in [-0.4, -0.2) is 28.5 Å². The van der Waals surface area contributed by atoms with Gasteiger partial charge in [-0.3, -0.25) is 9.11 Å². The van der Waals surface area contributed by atoms with Gasteiger partial charge in [0, 0.05) is 16.5 Å². The molecule has 0 aromatic heterocycles. The van der Waals surface area contributed by atoms with Gasteiger partial charge in [-0.25, -0.2) is 0 Å². The fourth-order valence-electron chi connectivity index (χ4n) is 0. The van der Waals surface area contributed by atoms with E-state index in [1.165, 1.54) is 0 Å². The molecule has 8 heteroatoms. The topological polar surface area (TPSA) is 138 Å². The van der Waals surface area contributed by atoms with Crippen LogP contribution in [-0.2, 0) is 26.9 Å². The second-order valence-corrected chi connectivity index (χ2v) is 1.34. The van der Waals surface area contributed by atoms with Crippen LogP contribution in [0.3, 0.4) is 0 Å². The molecule has 0 fully saturated rings. The Morgan fingerprint density at radius 2 is 1.00 bits per heavy atom. The molecule has 0 aromatic carbocycles. The molecule has 6 N–H and O–H groups in total. The van der Waals surface area contributed by atoms with Crippen LogP contribution in [0.4, 0.5) is 0 Å². The molecule has 0 aliphatic rings. The Morgan fingerprint density at radius 1 is 1.00 bits per heavy atom. The molecule has 0 spiro atoms. The zero-order valence-corrected chi connectivity index (χ0v) is 5.24. The monoisotopic (exact) mass is 192 g/mol. The van der Waals surface area contributed by atoms with Crippen molar-refractivity contribution >= 4 is 10.4 Å². The summed E-state index contributed by atoms with van der Waals surface area (Å²) in [6, 6.07) is 0. The van der Waals surface area contributed by atoms with E-state index in [9.17, 15) is 0 Å². The summed E-state index contributed by atoms with van der Waals surface area (Å²) in [5.74, 6) is 0. The van der Waals surface area contributed by atoms with Crippen molar-refractivity contribution in [2.45, 2.75) is 0 Å². The minimum Gasteiger partial charge on any atom is -0.412 e. The molecule has 0 amide bonds. The number of rotatable bonds is 0. The van der Waals surface area contributed by atoms with E-state index >= 15 is 0 Å². The van der Waals surface area contributed by atoms with E-state index in [4.69, 9.17) is 17.5 Å². The van der Waals surface area contributed by atoms with Crippen molar-refractivity contribution in [3.63, 3.8) is 0 Å². The maximum Gasteiger partial charge on any atom is 0.394 e. The van der Waals surface area contributed by atoms with Crippen molar-refractivity contribution in [1.82, 2.24) is 0 Å². The largest absolute Gasteiger partial charge is 0.412 e. The second-order valence-electron chi connectivity index (χ2n) is 0.448. The third kappa shape index (κ3) is 2180. The molecule has 0 heterocycles. The summed E-state index contributed by atoms with van der Waals surface area (Å²) in [6.45, 7) is 0. The first-order chi connectivity index (χ1) is 2.00. The Kier molecular flexibility index (Phi) is 21.8. The summed E-state index contributed by atoms with van der Waals surface area (Å²) in [6.07, 6.45) is 0. The molecule has 0 aliphatic heterocycles. The number of hydrogen-bond acceptors (Lipinski definition) is 2. The van der Waals surface area contributed by atoms with E-state index < -0.39 is 10.4 Å². The first-order valence-electron chi connectivity index (χ1n) is 0.698. The van der Waals surface area contributed by atoms with Gasteiger partial charge in [0.1, 0.15) is 0 Å². The van der Waals surface area contributed by atoms with E-state index in [2.05, 4.69) is 0 Å². The van der Waals surface area contributed by atoms with Crippen molar-refractivity contribution in [3.8, 4) is 0 Å². The minimum absolute atomic E-state index is 0. The maximum atomic E-state index is 8.74. The molecule has 0 saturated heterocycles. The quantitative estimate of drug-likeness (QED) is 0.329. The van der Waals surface area contributed by atoms with E-state index in [1.807, 2.05) is 0 Å². The Balaban J connectivity index is -0.0000000267. The van der Waals surface area contributed by atoms with Gasteiger partial charge in [0.2, 0.25) is 0 Å². The third-order valence-corrected chi connectivity index (χ3v) is 0. The van der Waals surface area contributed by atoms with E-state index in [1.54, 1.807) is 0 Å². The van der Waals surface area contributed by atoms with Crippen LogP contribution in [0.1, 0.15) is 0 Å². The molecule has 58 valence electrons. The fourth-order valence-corrected chi connectivity index (χ4v) is 0. The predicted molar refractivity (Wildman–Crippen MR) is 21.4 cm³/mol. The molecule has 0 bridgehead atoms. The molecule has 0 saturated carbocycles. The van der Waals surface area contributed by atoms with Crippen molar-refractivity contribution in [3.05, 3.63) is 0 Å². The third-order valence-electron chi connectivity index (χ3n) is 0. The van der Waals surface area contributed by atoms with E-state index in [0.29, 0.717) is 0 Å². The molecule has 0 atom stereocenters. The number of hydrogen-bond donors (Lipinski definition) is 2. The van der Waals surface area contributed by atoms with Gasteiger partial charge in [-0.2, -0.15) is 8.42 Å². The van der Waals surface area contributed by atoms with Gasteiger partial charge in [0.25, 0.3) is 0 Å². The summed E-state index contributed by atoms with van der Waals surface area (Å²) in [5.41, 5.74) is 0. The van der Waals surface area contributed by atoms with Gasteiger partial charge in [-0.15, -0.1) is 0 Å². The SMILES string of the molecule is O.O.O=S(=O)(O)O.[Ni]. The van der Waals surface area contributed by atoms with Crippen LogP contribution in [0.5, 0.6) is 0 Å². The smallest absolute Gasteiger partial charge is 0.394 e. The molecule has 6 nitrogen and oxygen atoms in total. The molecule has 0 rings (SSSR count). The first-order valence-corrected chi connectivity index (χ1v) is 2.10. The first kappa shape index (κ1) is 23.9. The van der Waals surface area contributed by atoms with Crippen molar-refractivity contribution < 1.29 is 45.0 Å². The van der Waals surface area contributed by atoms with Crippen molar-refractivity contribution in [2.75, 3.05) is 0 Å². The van der Waals surface area contributed by atoms with Gasteiger partial charge >= 0.3 is 10.4 Å². The Bertz CT molecular complexity index is 91.7. The summed E-state index contributed by atoms with van der Waals surface area (Å²) in [7, 11) is -4.67. The van der Waals surface area contributed by atoms with Crippen LogP contribution in [0.25, 0.3) is 0 Å².